The van der Waals surface area contributed by atoms with Crippen LogP contribution in [0.25, 0.3) is 0 Å². The van der Waals surface area contributed by atoms with Gasteiger partial charge in [-0.1, -0.05) is 18.2 Å². The second-order valence-electron chi connectivity index (χ2n) is 4.44. The summed E-state index contributed by atoms with van der Waals surface area (Å²) in [6.07, 6.45) is 0. The molecular formula is C16H15FOS. The SMILES string of the molecule is CC(=O)c1cccc(SCc2cc(F)ccc2C)c1. The zero-order valence-electron chi connectivity index (χ0n) is 10.9. The van der Waals surface area contributed by atoms with Crippen molar-refractivity contribution in [1.82, 2.24) is 0 Å². The first-order chi connectivity index (χ1) is 9.06. The number of aryl methyl sites for hydroxylation is 1. The van der Waals surface area contributed by atoms with Crippen molar-refractivity contribution in [3.05, 3.63) is 65.0 Å². The lowest BCUT2D eigenvalue weighted by molar-refractivity contribution is 0.101. The number of ketones is 1. The second-order valence-corrected chi connectivity index (χ2v) is 5.49. The Hall–Kier alpha value is -1.61. The summed E-state index contributed by atoms with van der Waals surface area (Å²) < 4.78 is 13.2. The molecule has 0 aliphatic rings. The zero-order chi connectivity index (χ0) is 13.8. The maximum absolute atomic E-state index is 13.2. The van der Waals surface area contributed by atoms with Crippen LogP contribution in [0, 0.1) is 12.7 Å². The van der Waals surface area contributed by atoms with Crippen molar-refractivity contribution in [2.75, 3.05) is 0 Å². The summed E-state index contributed by atoms with van der Waals surface area (Å²) in [5.74, 6) is 0.549. The van der Waals surface area contributed by atoms with Gasteiger partial charge in [0, 0.05) is 16.2 Å². The van der Waals surface area contributed by atoms with E-state index in [-0.39, 0.29) is 11.6 Å². The highest BCUT2D eigenvalue weighted by Crippen LogP contribution is 2.25. The molecule has 0 bridgehead atoms. The number of hydrogen-bond acceptors (Lipinski definition) is 2. The number of carbonyl (C=O) groups is 1. The van der Waals surface area contributed by atoms with Gasteiger partial charge in [-0.05, 0) is 49.2 Å². The Morgan fingerprint density at radius 3 is 2.74 bits per heavy atom. The van der Waals surface area contributed by atoms with Gasteiger partial charge in [-0.25, -0.2) is 4.39 Å². The maximum Gasteiger partial charge on any atom is 0.159 e. The number of carbonyl (C=O) groups excluding carboxylic acids is 1. The molecular weight excluding hydrogens is 259 g/mol. The van der Waals surface area contributed by atoms with Gasteiger partial charge in [0.15, 0.2) is 5.78 Å². The van der Waals surface area contributed by atoms with E-state index in [1.54, 1.807) is 36.9 Å². The standard InChI is InChI=1S/C16H15FOS/c1-11-6-7-15(17)8-14(11)10-19-16-5-3-4-13(9-16)12(2)18/h3-9H,10H2,1-2H3. The minimum absolute atomic E-state index is 0.0596. The molecule has 0 aliphatic carbocycles. The van der Waals surface area contributed by atoms with Crippen LogP contribution < -0.4 is 0 Å². The van der Waals surface area contributed by atoms with Gasteiger partial charge in [0.2, 0.25) is 0 Å². The third-order valence-electron chi connectivity index (χ3n) is 2.95. The molecule has 0 heterocycles. The van der Waals surface area contributed by atoms with Gasteiger partial charge in [0.05, 0.1) is 0 Å². The molecule has 0 spiro atoms. The van der Waals surface area contributed by atoms with E-state index in [1.807, 2.05) is 25.1 Å². The smallest absolute Gasteiger partial charge is 0.159 e. The predicted molar refractivity (Wildman–Crippen MR) is 77.1 cm³/mol. The third-order valence-corrected chi connectivity index (χ3v) is 3.99. The van der Waals surface area contributed by atoms with Crippen molar-refractivity contribution >= 4 is 17.5 Å². The molecule has 98 valence electrons. The number of benzene rings is 2. The van der Waals surface area contributed by atoms with E-state index >= 15 is 0 Å². The maximum atomic E-state index is 13.2. The molecule has 1 nitrogen and oxygen atoms in total. The third kappa shape index (κ3) is 3.67. The molecule has 0 aromatic heterocycles. The van der Waals surface area contributed by atoms with E-state index in [2.05, 4.69) is 0 Å². The lowest BCUT2D eigenvalue weighted by Gasteiger charge is -2.06. The van der Waals surface area contributed by atoms with E-state index in [4.69, 9.17) is 0 Å². The summed E-state index contributed by atoms with van der Waals surface area (Å²) in [6.45, 7) is 3.53. The van der Waals surface area contributed by atoms with E-state index < -0.39 is 0 Å². The Morgan fingerprint density at radius 1 is 1.21 bits per heavy atom. The fourth-order valence-corrected chi connectivity index (χ4v) is 2.78. The number of halogens is 1. The molecule has 19 heavy (non-hydrogen) atoms. The first-order valence-electron chi connectivity index (χ1n) is 6.05. The molecule has 3 heteroatoms. The minimum atomic E-state index is -0.210. The van der Waals surface area contributed by atoms with E-state index in [9.17, 15) is 9.18 Å². The predicted octanol–water partition coefficient (Wildman–Crippen LogP) is 4.63. The van der Waals surface area contributed by atoms with Crippen LogP contribution in [0.1, 0.15) is 28.4 Å². The van der Waals surface area contributed by atoms with Crippen LogP contribution in [0.15, 0.2) is 47.4 Å². The van der Waals surface area contributed by atoms with Crippen molar-refractivity contribution < 1.29 is 9.18 Å². The quantitative estimate of drug-likeness (QED) is 0.597. The Bertz CT molecular complexity index is 607. The molecule has 0 saturated carbocycles. The highest BCUT2D eigenvalue weighted by atomic mass is 32.2. The fraction of sp³-hybridized carbons (Fsp3) is 0.188. The molecule has 0 N–H and O–H groups in total. The van der Waals surface area contributed by atoms with E-state index in [0.717, 1.165) is 16.0 Å². The molecule has 0 unspecified atom stereocenters. The van der Waals surface area contributed by atoms with Gasteiger partial charge in [-0.2, -0.15) is 0 Å². The van der Waals surface area contributed by atoms with Gasteiger partial charge >= 0.3 is 0 Å². The second kappa shape index (κ2) is 6.02. The number of rotatable bonds is 4. The summed E-state index contributed by atoms with van der Waals surface area (Å²) in [6, 6.07) is 12.3. The van der Waals surface area contributed by atoms with Crippen LogP contribution in [0.3, 0.4) is 0 Å². The Balaban J connectivity index is 2.12. The lowest BCUT2D eigenvalue weighted by atomic mass is 10.1. The highest BCUT2D eigenvalue weighted by Gasteiger charge is 2.04. The van der Waals surface area contributed by atoms with Gasteiger partial charge < -0.3 is 0 Å². The van der Waals surface area contributed by atoms with Crippen molar-refractivity contribution in [2.24, 2.45) is 0 Å². The molecule has 0 saturated heterocycles. The average molecular weight is 274 g/mol. The number of hydrogen-bond donors (Lipinski definition) is 0. The van der Waals surface area contributed by atoms with Crippen LogP contribution in [-0.4, -0.2) is 5.78 Å². The fourth-order valence-electron chi connectivity index (χ4n) is 1.76. The zero-order valence-corrected chi connectivity index (χ0v) is 11.8. The van der Waals surface area contributed by atoms with Crippen LogP contribution in [0.5, 0.6) is 0 Å². The molecule has 0 amide bonds. The highest BCUT2D eigenvalue weighted by molar-refractivity contribution is 7.98. The summed E-state index contributed by atoms with van der Waals surface area (Å²) in [4.78, 5) is 12.3. The van der Waals surface area contributed by atoms with Crippen LogP contribution in [0.4, 0.5) is 4.39 Å². The molecule has 2 aromatic rings. The van der Waals surface area contributed by atoms with Gasteiger partial charge in [-0.15, -0.1) is 11.8 Å². The Kier molecular flexibility index (Phi) is 4.38. The van der Waals surface area contributed by atoms with Crippen molar-refractivity contribution in [3.63, 3.8) is 0 Å². The first-order valence-corrected chi connectivity index (χ1v) is 7.03. The molecule has 0 fully saturated rings. The van der Waals surface area contributed by atoms with Crippen molar-refractivity contribution in [2.45, 2.75) is 24.5 Å². The van der Waals surface area contributed by atoms with Crippen molar-refractivity contribution in [1.29, 1.82) is 0 Å². The average Bonchev–Trinajstić information content (AvgIpc) is 2.40. The van der Waals surface area contributed by atoms with Gasteiger partial charge in [0.1, 0.15) is 5.82 Å². The van der Waals surface area contributed by atoms with Crippen LogP contribution in [0.2, 0.25) is 0 Å². The van der Waals surface area contributed by atoms with Gasteiger partial charge in [-0.3, -0.25) is 4.79 Å². The normalized spacial score (nSPS) is 10.5. The summed E-state index contributed by atoms with van der Waals surface area (Å²) in [5.41, 5.74) is 2.77. The van der Waals surface area contributed by atoms with E-state index in [1.165, 1.54) is 6.07 Å². The summed E-state index contributed by atoms with van der Waals surface area (Å²) in [5, 5.41) is 0. The Labute approximate surface area is 116 Å². The summed E-state index contributed by atoms with van der Waals surface area (Å²) >= 11 is 1.61. The minimum Gasteiger partial charge on any atom is -0.295 e. The molecule has 0 atom stereocenters. The monoisotopic (exact) mass is 274 g/mol. The number of thioether (sulfide) groups is 1. The van der Waals surface area contributed by atoms with Gasteiger partial charge in [0.25, 0.3) is 0 Å². The van der Waals surface area contributed by atoms with Crippen molar-refractivity contribution in [3.8, 4) is 0 Å². The summed E-state index contributed by atoms with van der Waals surface area (Å²) in [7, 11) is 0. The molecule has 0 aliphatic heterocycles. The first kappa shape index (κ1) is 13.8. The molecule has 2 rings (SSSR count). The lowest BCUT2D eigenvalue weighted by Crippen LogP contribution is -1.92. The van der Waals surface area contributed by atoms with E-state index in [0.29, 0.717) is 11.3 Å². The largest absolute Gasteiger partial charge is 0.295 e. The molecule has 2 aromatic carbocycles. The number of Topliss-reactive ketones (excluding diaryl/α,β-unsaturated/α-hetero) is 1. The van der Waals surface area contributed by atoms with Crippen LogP contribution in [-0.2, 0) is 5.75 Å². The molecule has 0 radical (unpaired) electrons. The topological polar surface area (TPSA) is 17.1 Å². The van der Waals surface area contributed by atoms with Crippen LogP contribution >= 0.6 is 11.8 Å². The Morgan fingerprint density at radius 2 is 2.00 bits per heavy atom.